The molecular formula is C19H30N4O5S. The maximum absolute atomic E-state index is 13.0. The number of methoxy groups -OCH3 is 1. The van der Waals surface area contributed by atoms with Gasteiger partial charge in [-0.25, -0.2) is 8.42 Å². The predicted molar refractivity (Wildman–Crippen MR) is 110 cm³/mol. The number of anilines is 1. The molecule has 0 unspecified atom stereocenters. The van der Waals surface area contributed by atoms with Gasteiger partial charge in [-0.2, -0.15) is 4.31 Å². The van der Waals surface area contributed by atoms with E-state index in [1.807, 2.05) is 18.7 Å². The van der Waals surface area contributed by atoms with Gasteiger partial charge in [0.05, 0.1) is 24.2 Å². The summed E-state index contributed by atoms with van der Waals surface area (Å²) in [6.07, 6.45) is 0. The van der Waals surface area contributed by atoms with Gasteiger partial charge in [0.25, 0.3) is 0 Å². The first kappa shape index (κ1) is 23.1. The Bertz CT molecular complexity index is 833. The van der Waals surface area contributed by atoms with Crippen LogP contribution in [0.4, 0.5) is 5.69 Å². The summed E-state index contributed by atoms with van der Waals surface area (Å²) in [5.74, 6) is 0.400. The summed E-state index contributed by atoms with van der Waals surface area (Å²) < 4.78 is 32.6. The molecule has 2 N–H and O–H groups in total. The second-order valence-corrected chi connectivity index (χ2v) is 9.36. The van der Waals surface area contributed by atoms with Crippen molar-refractivity contribution in [3.05, 3.63) is 18.2 Å². The van der Waals surface area contributed by atoms with Crippen LogP contribution in [0.1, 0.15) is 20.8 Å². The Balaban J connectivity index is 2.02. The molecule has 1 aliphatic rings. The number of amides is 2. The number of hydrogen-bond donors (Lipinski definition) is 2. The summed E-state index contributed by atoms with van der Waals surface area (Å²) in [5.41, 5.74) is 0.307. The Morgan fingerprint density at radius 2 is 1.83 bits per heavy atom. The molecular weight excluding hydrogens is 396 g/mol. The van der Waals surface area contributed by atoms with Crippen molar-refractivity contribution < 1.29 is 22.7 Å². The maximum atomic E-state index is 13.0. The fourth-order valence-corrected chi connectivity index (χ4v) is 4.44. The molecule has 0 bridgehead atoms. The minimum atomic E-state index is -3.72. The SMILES string of the molecule is COc1ccc(S(=O)(=O)N2CCN(CC(=O)NCC(C)C)CC2)cc1NC(C)=O. The predicted octanol–water partition coefficient (Wildman–Crippen LogP) is 0.732. The van der Waals surface area contributed by atoms with E-state index in [1.54, 1.807) is 0 Å². The van der Waals surface area contributed by atoms with Crippen LogP contribution in [-0.2, 0) is 19.6 Å². The van der Waals surface area contributed by atoms with Crippen molar-refractivity contribution in [3.8, 4) is 5.75 Å². The summed E-state index contributed by atoms with van der Waals surface area (Å²) in [7, 11) is -2.27. The van der Waals surface area contributed by atoms with Crippen molar-refractivity contribution in [1.82, 2.24) is 14.5 Å². The highest BCUT2D eigenvalue weighted by atomic mass is 32.2. The lowest BCUT2D eigenvalue weighted by atomic mass is 10.2. The molecule has 0 radical (unpaired) electrons. The fourth-order valence-electron chi connectivity index (χ4n) is 2.99. The molecule has 2 amide bonds. The Kier molecular flexibility index (Phi) is 8.00. The van der Waals surface area contributed by atoms with Crippen LogP contribution in [0, 0.1) is 5.92 Å². The number of carbonyl (C=O) groups excluding carboxylic acids is 2. The first-order valence-corrected chi connectivity index (χ1v) is 11.0. The zero-order chi connectivity index (χ0) is 21.6. The van der Waals surface area contributed by atoms with Crippen LogP contribution < -0.4 is 15.4 Å². The van der Waals surface area contributed by atoms with Crippen LogP contribution in [0.3, 0.4) is 0 Å². The van der Waals surface area contributed by atoms with Gasteiger partial charge in [-0.15, -0.1) is 0 Å². The molecule has 1 aliphatic heterocycles. The van der Waals surface area contributed by atoms with E-state index >= 15 is 0 Å². The molecule has 1 aromatic carbocycles. The van der Waals surface area contributed by atoms with Crippen LogP contribution in [0.2, 0.25) is 0 Å². The highest BCUT2D eigenvalue weighted by molar-refractivity contribution is 7.89. The van der Waals surface area contributed by atoms with Crippen molar-refractivity contribution in [1.29, 1.82) is 0 Å². The van der Waals surface area contributed by atoms with Crippen molar-refractivity contribution in [2.45, 2.75) is 25.7 Å². The van der Waals surface area contributed by atoms with Crippen molar-refractivity contribution in [2.75, 3.05) is 51.7 Å². The van der Waals surface area contributed by atoms with Crippen LogP contribution in [0.15, 0.2) is 23.1 Å². The topological polar surface area (TPSA) is 108 Å². The van der Waals surface area contributed by atoms with Crippen molar-refractivity contribution in [3.63, 3.8) is 0 Å². The lowest BCUT2D eigenvalue weighted by molar-refractivity contribution is -0.122. The van der Waals surface area contributed by atoms with E-state index in [4.69, 9.17) is 4.74 Å². The maximum Gasteiger partial charge on any atom is 0.243 e. The Hall–Kier alpha value is -2.17. The van der Waals surface area contributed by atoms with Crippen molar-refractivity contribution in [2.24, 2.45) is 5.92 Å². The number of rotatable bonds is 8. The van der Waals surface area contributed by atoms with Gasteiger partial charge in [-0.1, -0.05) is 13.8 Å². The quantitative estimate of drug-likeness (QED) is 0.635. The highest BCUT2D eigenvalue weighted by Gasteiger charge is 2.29. The van der Waals surface area contributed by atoms with E-state index in [0.717, 1.165) is 0 Å². The molecule has 10 heteroatoms. The monoisotopic (exact) mass is 426 g/mol. The molecule has 0 aliphatic carbocycles. The number of sulfonamides is 1. The highest BCUT2D eigenvalue weighted by Crippen LogP contribution is 2.29. The van der Waals surface area contributed by atoms with E-state index in [9.17, 15) is 18.0 Å². The lowest BCUT2D eigenvalue weighted by Crippen LogP contribution is -2.51. The Morgan fingerprint density at radius 1 is 1.17 bits per heavy atom. The third-order valence-electron chi connectivity index (χ3n) is 4.53. The van der Waals surface area contributed by atoms with Gasteiger partial charge in [0.2, 0.25) is 21.8 Å². The number of nitrogens with one attached hydrogen (secondary N) is 2. The Morgan fingerprint density at radius 3 is 2.38 bits per heavy atom. The van der Waals surface area contributed by atoms with Gasteiger partial charge in [0.1, 0.15) is 5.75 Å². The number of carbonyl (C=O) groups is 2. The smallest absolute Gasteiger partial charge is 0.243 e. The standard InChI is InChI=1S/C19H30N4O5S/c1-14(2)12-20-19(25)13-22-7-9-23(10-8-22)29(26,27)16-5-6-18(28-4)17(11-16)21-15(3)24/h5-6,11,14H,7-10,12-13H2,1-4H3,(H,20,25)(H,21,24). The second-order valence-electron chi connectivity index (χ2n) is 7.42. The van der Waals surface area contributed by atoms with E-state index in [0.29, 0.717) is 50.1 Å². The number of benzene rings is 1. The number of hydrogen-bond acceptors (Lipinski definition) is 6. The first-order valence-electron chi connectivity index (χ1n) is 9.58. The van der Waals surface area contributed by atoms with Gasteiger partial charge < -0.3 is 15.4 Å². The Labute approximate surface area is 172 Å². The molecule has 29 heavy (non-hydrogen) atoms. The van der Waals surface area contributed by atoms with Gasteiger partial charge in [0, 0.05) is 39.6 Å². The molecule has 0 atom stereocenters. The minimum absolute atomic E-state index is 0.0508. The summed E-state index contributed by atoms with van der Waals surface area (Å²) in [6, 6.07) is 4.39. The van der Waals surface area contributed by atoms with E-state index in [2.05, 4.69) is 10.6 Å². The fraction of sp³-hybridized carbons (Fsp3) is 0.579. The van der Waals surface area contributed by atoms with Crippen LogP contribution in [0.25, 0.3) is 0 Å². The van der Waals surface area contributed by atoms with Crippen LogP contribution in [-0.4, -0.2) is 75.8 Å². The van der Waals surface area contributed by atoms with Crippen molar-refractivity contribution >= 4 is 27.5 Å². The molecule has 1 fully saturated rings. The van der Waals surface area contributed by atoms with Gasteiger partial charge in [-0.3, -0.25) is 14.5 Å². The van der Waals surface area contributed by atoms with Gasteiger partial charge >= 0.3 is 0 Å². The summed E-state index contributed by atoms with van der Waals surface area (Å²) in [4.78, 5) is 25.4. The molecule has 162 valence electrons. The number of piperazine rings is 1. The van der Waals surface area contributed by atoms with E-state index in [-0.39, 0.29) is 23.3 Å². The summed E-state index contributed by atoms with van der Waals surface area (Å²) in [6.45, 7) is 7.82. The minimum Gasteiger partial charge on any atom is -0.495 e. The third kappa shape index (κ3) is 6.41. The molecule has 1 aromatic rings. The molecule has 1 saturated heterocycles. The van der Waals surface area contributed by atoms with E-state index < -0.39 is 10.0 Å². The molecule has 1 heterocycles. The molecule has 2 rings (SSSR count). The summed E-state index contributed by atoms with van der Waals surface area (Å²) in [5, 5.41) is 5.46. The molecule has 0 saturated carbocycles. The van der Waals surface area contributed by atoms with E-state index in [1.165, 1.54) is 36.5 Å². The number of ether oxygens (including phenoxy) is 1. The normalized spacial score (nSPS) is 15.9. The number of nitrogens with zero attached hydrogens (tertiary/aromatic N) is 2. The van der Waals surface area contributed by atoms with Gasteiger partial charge in [-0.05, 0) is 24.1 Å². The third-order valence-corrected chi connectivity index (χ3v) is 6.42. The zero-order valence-electron chi connectivity index (χ0n) is 17.4. The van der Waals surface area contributed by atoms with Gasteiger partial charge in [0.15, 0.2) is 0 Å². The molecule has 0 aromatic heterocycles. The summed E-state index contributed by atoms with van der Waals surface area (Å²) >= 11 is 0. The zero-order valence-corrected chi connectivity index (χ0v) is 18.2. The van der Waals surface area contributed by atoms with Crippen LogP contribution >= 0.6 is 0 Å². The molecule has 9 nitrogen and oxygen atoms in total. The lowest BCUT2D eigenvalue weighted by Gasteiger charge is -2.33. The second kappa shape index (κ2) is 10.0. The van der Waals surface area contributed by atoms with Crippen LogP contribution in [0.5, 0.6) is 5.75 Å². The molecule has 0 spiro atoms. The largest absolute Gasteiger partial charge is 0.495 e. The first-order chi connectivity index (χ1) is 13.6. The average molecular weight is 427 g/mol. The average Bonchev–Trinajstić information content (AvgIpc) is 2.66.